The summed E-state index contributed by atoms with van der Waals surface area (Å²) in [4.78, 5) is 24.0. The molecule has 0 atom stereocenters. The average molecular weight is 308 g/mol. The lowest BCUT2D eigenvalue weighted by Gasteiger charge is -2.07. The molecule has 2 N–H and O–H groups in total. The number of carboxylic acids is 1. The monoisotopic (exact) mass is 308 g/mol. The summed E-state index contributed by atoms with van der Waals surface area (Å²) in [6.07, 6.45) is 1.24. The summed E-state index contributed by atoms with van der Waals surface area (Å²) in [6, 6.07) is 3.80. The van der Waals surface area contributed by atoms with E-state index >= 15 is 0 Å². The molecule has 0 fully saturated rings. The summed E-state index contributed by atoms with van der Waals surface area (Å²) in [6.45, 7) is 2.51. The number of nitrogens with zero attached hydrogens (tertiary/aromatic N) is 3. The van der Waals surface area contributed by atoms with Gasteiger partial charge in [-0.1, -0.05) is 18.2 Å². The van der Waals surface area contributed by atoms with E-state index in [9.17, 15) is 14.7 Å². The molecular formula is C13H16N4O3S. The lowest BCUT2D eigenvalue weighted by Crippen LogP contribution is -2.29. The van der Waals surface area contributed by atoms with E-state index in [1.807, 2.05) is 24.4 Å². The Kier molecular flexibility index (Phi) is 5.04. The minimum absolute atomic E-state index is 0.0268. The smallest absolute Gasteiger partial charge is 0.358 e. The molecule has 8 heteroatoms. The Morgan fingerprint density at radius 1 is 1.48 bits per heavy atom. The van der Waals surface area contributed by atoms with E-state index in [0.29, 0.717) is 18.7 Å². The van der Waals surface area contributed by atoms with E-state index in [2.05, 4.69) is 15.6 Å². The van der Waals surface area contributed by atoms with E-state index < -0.39 is 5.97 Å². The number of carbonyl (C=O) groups is 2. The molecule has 0 bridgehead atoms. The van der Waals surface area contributed by atoms with Crippen molar-refractivity contribution < 1.29 is 14.7 Å². The maximum atomic E-state index is 11.8. The van der Waals surface area contributed by atoms with Gasteiger partial charge in [-0.05, 0) is 17.9 Å². The molecule has 1 amide bonds. The number of aromatic carboxylic acids is 1. The van der Waals surface area contributed by atoms with Crippen molar-refractivity contribution in [2.75, 3.05) is 6.54 Å². The Morgan fingerprint density at radius 3 is 2.90 bits per heavy atom. The van der Waals surface area contributed by atoms with E-state index in [-0.39, 0.29) is 18.1 Å². The van der Waals surface area contributed by atoms with Crippen molar-refractivity contribution in [3.63, 3.8) is 0 Å². The fourth-order valence-electron chi connectivity index (χ4n) is 1.84. The number of hydrogen-bond acceptors (Lipinski definition) is 5. The van der Waals surface area contributed by atoms with Gasteiger partial charge in [-0.3, -0.25) is 4.79 Å². The van der Waals surface area contributed by atoms with Crippen molar-refractivity contribution in [2.24, 2.45) is 0 Å². The van der Waals surface area contributed by atoms with Crippen molar-refractivity contribution in [3.05, 3.63) is 33.8 Å². The third-order valence-corrected chi connectivity index (χ3v) is 3.70. The molecule has 2 aromatic rings. The second kappa shape index (κ2) is 6.98. The van der Waals surface area contributed by atoms with Crippen LogP contribution in [0.25, 0.3) is 0 Å². The molecule has 0 saturated carbocycles. The van der Waals surface area contributed by atoms with Crippen molar-refractivity contribution >= 4 is 23.2 Å². The third kappa shape index (κ3) is 3.88. The van der Waals surface area contributed by atoms with Crippen LogP contribution >= 0.6 is 11.3 Å². The van der Waals surface area contributed by atoms with Crippen molar-refractivity contribution in [3.8, 4) is 0 Å². The molecule has 21 heavy (non-hydrogen) atoms. The fourth-order valence-corrected chi connectivity index (χ4v) is 2.54. The van der Waals surface area contributed by atoms with Crippen molar-refractivity contribution in [2.45, 2.75) is 26.3 Å². The SMILES string of the molecule is CCCNC(=O)Cn1nnc(C(=O)O)c1Cc1cccs1. The van der Waals surface area contributed by atoms with Gasteiger partial charge in [0.1, 0.15) is 6.54 Å². The molecule has 0 aliphatic heterocycles. The number of carboxylic acid groups (broad SMARTS) is 1. The first-order valence-electron chi connectivity index (χ1n) is 6.56. The van der Waals surface area contributed by atoms with E-state index in [0.717, 1.165) is 11.3 Å². The molecule has 2 aromatic heterocycles. The predicted molar refractivity (Wildman–Crippen MR) is 77.4 cm³/mol. The molecule has 0 spiro atoms. The zero-order valence-corrected chi connectivity index (χ0v) is 12.4. The summed E-state index contributed by atoms with van der Waals surface area (Å²) >= 11 is 1.52. The van der Waals surface area contributed by atoms with Crippen LogP contribution in [0.1, 0.15) is 34.4 Å². The highest BCUT2D eigenvalue weighted by Crippen LogP contribution is 2.17. The van der Waals surface area contributed by atoms with Gasteiger partial charge in [0.15, 0.2) is 5.69 Å². The molecule has 0 aliphatic rings. The highest BCUT2D eigenvalue weighted by molar-refractivity contribution is 7.09. The van der Waals surface area contributed by atoms with Gasteiger partial charge in [0.2, 0.25) is 5.91 Å². The van der Waals surface area contributed by atoms with Crippen LogP contribution in [0.2, 0.25) is 0 Å². The first-order chi connectivity index (χ1) is 10.1. The van der Waals surface area contributed by atoms with Gasteiger partial charge in [0.05, 0.1) is 5.69 Å². The van der Waals surface area contributed by atoms with Crippen molar-refractivity contribution in [1.82, 2.24) is 20.3 Å². The lowest BCUT2D eigenvalue weighted by molar-refractivity contribution is -0.121. The first-order valence-corrected chi connectivity index (χ1v) is 7.44. The molecule has 112 valence electrons. The van der Waals surface area contributed by atoms with Crippen LogP contribution < -0.4 is 5.32 Å². The summed E-state index contributed by atoms with van der Waals surface area (Å²) in [5, 5.41) is 21.3. The van der Waals surface area contributed by atoms with Gasteiger partial charge < -0.3 is 10.4 Å². The number of thiophene rings is 1. The van der Waals surface area contributed by atoms with Crippen molar-refractivity contribution in [1.29, 1.82) is 0 Å². The quantitative estimate of drug-likeness (QED) is 0.800. The number of nitrogens with one attached hydrogen (secondary N) is 1. The zero-order chi connectivity index (χ0) is 15.2. The van der Waals surface area contributed by atoms with Gasteiger partial charge in [0.25, 0.3) is 0 Å². The number of amides is 1. The van der Waals surface area contributed by atoms with Gasteiger partial charge in [-0.2, -0.15) is 0 Å². The summed E-state index contributed by atoms with van der Waals surface area (Å²) < 4.78 is 1.36. The number of aromatic nitrogens is 3. The second-order valence-electron chi connectivity index (χ2n) is 4.45. The maximum absolute atomic E-state index is 11.8. The van der Waals surface area contributed by atoms with Crippen LogP contribution in [0.5, 0.6) is 0 Å². The fraction of sp³-hybridized carbons (Fsp3) is 0.385. The molecule has 0 unspecified atom stereocenters. The molecule has 0 radical (unpaired) electrons. The Bertz CT molecular complexity index is 621. The molecule has 7 nitrogen and oxygen atoms in total. The van der Waals surface area contributed by atoms with Gasteiger partial charge in [-0.25, -0.2) is 9.48 Å². The van der Waals surface area contributed by atoms with E-state index in [1.165, 1.54) is 16.0 Å². The van der Waals surface area contributed by atoms with Crippen LogP contribution in [0.15, 0.2) is 17.5 Å². The topological polar surface area (TPSA) is 97.1 Å². The first kappa shape index (κ1) is 15.2. The van der Waals surface area contributed by atoms with E-state index in [4.69, 9.17) is 0 Å². The standard InChI is InChI=1S/C13H16N4O3S/c1-2-5-14-11(18)8-17-10(7-9-4-3-6-21-9)12(13(19)20)15-16-17/h3-4,6H,2,5,7-8H2,1H3,(H,14,18)(H,19,20). The zero-order valence-electron chi connectivity index (χ0n) is 11.6. The molecule has 0 saturated heterocycles. The summed E-state index contributed by atoms with van der Waals surface area (Å²) in [7, 11) is 0. The number of hydrogen-bond donors (Lipinski definition) is 2. The second-order valence-corrected chi connectivity index (χ2v) is 5.49. The number of rotatable bonds is 7. The van der Waals surface area contributed by atoms with Crippen LogP contribution in [0.4, 0.5) is 0 Å². The molecule has 2 heterocycles. The Morgan fingerprint density at radius 2 is 2.29 bits per heavy atom. The summed E-state index contributed by atoms with van der Waals surface area (Å²) in [5.41, 5.74) is 0.336. The minimum atomic E-state index is -1.14. The highest BCUT2D eigenvalue weighted by Gasteiger charge is 2.20. The summed E-state index contributed by atoms with van der Waals surface area (Å²) in [5.74, 6) is -1.34. The normalized spacial score (nSPS) is 10.5. The van der Waals surface area contributed by atoms with Gasteiger partial charge in [0, 0.05) is 17.8 Å². The Hall–Kier alpha value is -2.22. The third-order valence-electron chi connectivity index (χ3n) is 2.83. The molecule has 0 aliphatic carbocycles. The molecule has 0 aromatic carbocycles. The van der Waals surface area contributed by atoms with Crippen LogP contribution in [-0.2, 0) is 17.8 Å². The van der Waals surface area contributed by atoms with Crippen LogP contribution in [0, 0.1) is 0 Å². The minimum Gasteiger partial charge on any atom is -0.476 e. The lowest BCUT2D eigenvalue weighted by atomic mass is 10.2. The maximum Gasteiger partial charge on any atom is 0.358 e. The highest BCUT2D eigenvalue weighted by atomic mass is 32.1. The predicted octanol–water partition coefficient (Wildman–Crippen LogP) is 1.15. The van der Waals surface area contributed by atoms with Gasteiger partial charge in [-0.15, -0.1) is 16.4 Å². The largest absolute Gasteiger partial charge is 0.476 e. The number of carbonyl (C=O) groups excluding carboxylic acids is 1. The Labute approximate surface area is 125 Å². The molecule has 2 rings (SSSR count). The average Bonchev–Trinajstić information content (AvgIpc) is 3.08. The van der Waals surface area contributed by atoms with E-state index in [1.54, 1.807) is 0 Å². The van der Waals surface area contributed by atoms with Gasteiger partial charge >= 0.3 is 5.97 Å². The molecular weight excluding hydrogens is 292 g/mol. The Balaban J connectivity index is 2.20. The van der Waals surface area contributed by atoms with Crippen LogP contribution in [0.3, 0.4) is 0 Å². The van der Waals surface area contributed by atoms with Crippen LogP contribution in [-0.4, -0.2) is 38.5 Å².